The Morgan fingerprint density at radius 1 is 1.20 bits per heavy atom. The van der Waals surface area contributed by atoms with E-state index in [2.05, 4.69) is 11.4 Å². The SMILES string of the molecule is COc1cc(NCc2coc3ccccc23)ccc1Cl. The van der Waals surface area contributed by atoms with Gasteiger partial charge in [-0.05, 0) is 18.2 Å². The molecule has 0 atom stereocenters. The maximum absolute atomic E-state index is 6.01. The van der Waals surface area contributed by atoms with Gasteiger partial charge in [0, 0.05) is 29.2 Å². The number of halogens is 1. The van der Waals surface area contributed by atoms with Gasteiger partial charge in [0.15, 0.2) is 0 Å². The maximum Gasteiger partial charge on any atom is 0.139 e. The van der Waals surface area contributed by atoms with E-state index in [1.54, 1.807) is 13.4 Å². The van der Waals surface area contributed by atoms with E-state index in [0.29, 0.717) is 17.3 Å². The van der Waals surface area contributed by atoms with Crippen molar-refractivity contribution in [1.82, 2.24) is 0 Å². The third-order valence-electron chi connectivity index (χ3n) is 3.20. The van der Waals surface area contributed by atoms with E-state index in [1.807, 2.05) is 36.4 Å². The number of anilines is 1. The predicted octanol–water partition coefficient (Wildman–Crippen LogP) is 4.71. The van der Waals surface area contributed by atoms with Gasteiger partial charge >= 0.3 is 0 Å². The smallest absolute Gasteiger partial charge is 0.139 e. The molecule has 0 spiro atoms. The van der Waals surface area contributed by atoms with Gasteiger partial charge in [0.1, 0.15) is 11.3 Å². The van der Waals surface area contributed by atoms with E-state index < -0.39 is 0 Å². The topological polar surface area (TPSA) is 34.4 Å². The first-order valence-electron chi connectivity index (χ1n) is 6.30. The molecule has 3 nitrogen and oxygen atoms in total. The first-order valence-corrected chi connectivity index (χ1v) is 6.68. The van der Waals surface area contributed by atoms with Crippen LogP contribution in [0, 0.1) is 0 Å². The Bertz CT molecular complexity index is 736. The first-order chi connectivity index (χ1) is 9.78. The van der Waals surface area contributed by atoms with Crippen molar-refractivity contribution in [3.8, 4) is 5.75 Å². The fourth-order valence-electron chi connectivity index (χ4n) is 2.14. The lowest BCUT2D eigenvalue weighted by molar-refractivity contribution is 0.415. The van der Waals surface area contributed by atoms with Crippen molar-refractivity contribution in [3.63, 3.8) is 0 Å². The standard InChI is InChI=1S/C16H14ClNO2/c1-19-16-8-12(6-7-14(16)17)18-9-11-10-20-15-5-3-2-4-13(11)15/h2-8,10,18H,9H2,1H3. The van der Waals surface area contributed by atoms with Crippen LogP contribution in [0.1, 0.15) is 5.56 Å². The molecule has 0 amide bonds. The van der Waals surface area contributed by atoms with Crippen molar-refractivity contribution in [2.75, 3.05) is 12.4 Å². The molecule has 102 valence electrons. The molecule has 0 saturated heterocycles. The summed E-state index contributed by atoms with van der Waals surface area (Å²) in [5.41, 5.74) is 2.98. The third-order valence-corrected chi connectivity index (χ3v) is 3.51. The van der Waals surface area contributed by atoms with Crippen LogP contribution in [0.3, 0.4) is 0 Å². The van der Waals surface area contributed by atoms with Crippen LogP contribution in [-0.4, -0.2) is 7.11 Å². The lowest BCUT2D eigenvalue weighted by atomic mass is 10.2. The lowest BCUT2D eigenvalue weighted by Gasteiger charge is -2.08. The highest BCUT2D eigenvalue weighted by Gasteiger charge is 2.06. The molecule has 3 aromatic rings. The molecule has 0 aliphatic heterocycles. The molecule has 2 aromatic carbocycles. The van der Waals surface area contributed by atoms with Gasteiger partial charge in [-0.15, -0.1) is 0 Å². The van der Waals surface area contributed by atoms with Gasteiger partial charge in [-0.3, -0.25) is 0 Å². The van der Waals surface area contributed by atoms with Crippen molar-refractivity contribution in [3.05, 3.63) is 59.3 Å². The van der Waals surface area contributed by atoms with E-state index in [-0.39, 0.29) is 0 Å². The average molecular weight is 288 g/mol. The van der Waals surface area contributed by atoms with Gasteiger partial charge in [-0.1, -0.05) is 29.8 Å². The molecule has 1 heterocycles. The lowest BCUT2D eigenvalue weighted by Crippen LogP contribution is -1.99. The normalized spacial score (nSPS) is 10.7. The quantitative estimate of drug-likeness (QED) is 0.755. The monoisotopic (exact) mass is 287 g/mol. The molecule has 4 heteroatoms. The number of hydrogen-bond donors (Lipinski definition) is 1. The molecule has 0 fully saturated rings. The van der Waals surface area contributed by atoms with E-state index >= 15 is 0 Å². The second-order valence-corrected chi connectivity index (χ2v) is 4.87. The molecule has 0 bridgehead atoms. The number of hydrogen-bond acceptors (Lipinski definition) is 3. The Kier molecular flexibility index (Phi) is 3.52. The van der Waals surface area contributed by atoms with Gasteiger partial charge in [-0.25, -0.2) is 0 Å². The van der Waals surface area contributed by atoms with Gasteiger partial charge in [0.25, 0.3) is 0 Å². The number of ether oxygens (including phenoxy) is 1. The molecule has 0 aliphatic rings. The van der Waals surface area contributed by atoms with Gasteiger partial charge in [0.2, 0.25) is 0 Å². The minimum Gasteiger partial charge on any atom is -0.495 e. The number of furan rings is 1. The number of fused-ring (bicyclic) bond motifs is 1. The molecule has 1 N–H and O–H groups in total. The molecular formula is C16H14ClNO2. The Hall–Kier alpha value is -2.13. The van der Waals surface area contributed by atoms with Gasteiger partial charge in [0.05, 0.1) is 18.4 Å². The molecule has 3 rings (SSSR count). The summed E-state index contributed by atoms with van der Waals surface area (Å²) in [4.78, 5) is 0. The van der Waals surface area contributed by atoms with Crippen LogP contribution in [0.15, 0.2) is 53.1 Å². The predicted molar refractivity (Wildman–Crippen MR) is 81.5 cm³/mol. The highest BCUT2D eigenvalue weighted by atomic mass is 35.5. The van der Waals surface area contributed by atoms with Crippen LogP contribution in [0.2, 0.25) is 5.02 Å². The van der Waals surface area contributed by atoms with Crippen molar-refractivity contribution in [2.24, 2.45) is 0 Å². The zero-order valence-electron chi connectivity index (χ0n) is 11.0. The van der Waals surface area contributed by atoms with E-state index in [0.717, 1.165) is 22.2 Å². The van der Waals surface area contributed by atoms with Crippen LogP contribution in [-0.2, 0) is 6.54 Å². The Balaban J connectivity index is 1.79. The summed E-state index contributed by atoms with van der Waals surface area (Å²) >= 11 is 6.01. The van der Waals surface area contributed by atoms with E-state index in [4.69, 9.17) is 20.8 Å². The van der Waals surface area contributed by atoms with Crippen LogP contribution < -0.4 is 10.1 Å². The largest absolute Gasteiger partial charge is 0.495 e. The summed E-state index contributed by atoms with van der Waals surface area (Å²) in [5.74, 6) is 0.661. The molecule has 0 unspecified atom stereocenters. The Labute approximate surface area is 122 Å². The fourth-order valence-corrected chi connectivity index (χ4v) is 2.33. The number of methoxy groups -OCH3 is 1. The molecule has 0 saturated carbocycles. The number of para-hydroxylation sites is 1. The summed E-state index contributed by atoms with van der Waals surface area (Å²) < 4.78 is 10.7. The van der Waals surface area contributed by atoms with Crippen molar-refractivity contribution in [2.45, 2.75) is 6.54 Å². The molecule has 0 aliphatic carbocycles. The van der Waals surface area contributed by atoms with Crippen molar-refractivity contribution < 1.29 is 9.15 Å². The van der Waals surface area contributed by atoms with Crippen LogP contribution in [0.25, 0.3) is 11.0 Å². The van der Waals surface area contributed by atoms with Crippen molar-refractivity contribution >= 4 is 28.3 Å². The number of nitrogens with one attached hydrogen (secondary N) is 1. The van der Waals surface area contributed by atoms with Crippen LogP contribution in [0.4, 0.5) is 5.69 Å². The molecule has 1 aromatic heterocycles. The molecule has 20 heavy (non-hydrogen) atoms. The highest BCUT2D eigenvalue weighted by molar-refractivity contribution is 6.32. The Morgan fingerprint density at radius 3 is 2.90 bits per heavy atom. The number of rotatable bonds is 4. The fraction of sp³-hybridized carbons (Fsp3) is 0.125. The summed E-state index contributed by atoms with van der Waals surface area (Å²) in [7, 11) is 1.61. The highest BCUT2D eigenvalue weighted by Crippen LogP contribution is 2.28. The average Bonchev–Trinajstić information content (AvgIpc) is 2.90. The minimum absolute atomic E-state index is 0.604. The summed E-state index contributed by atoms with van der Waals surface area (Å²) in [6.45, 7) is 0.682. The zero-order valence-corrected chi connectivity index (χ0v) is 11.8. The first kappa shape index (κ1) is 12.9. The second-order valence-electron chi connectivity index (χ2n) is 4.46. The van der Waals surface area contributed by atoms with E-state index in [9.17, 15) is 0 Å². The molecular weight excluding hydrogens is 274 g/mol. The van der Waals surface area contributed by atoms with Crippen LogP contribution in [0.5, 0.6) is 5.75 Å². The minimum atomic E-state index is 0.604. The Morgan fingerprint density at radius 2 is 2.05 bits per heavy atom. The molecule has 0 radical (unpaired) electrons. The van der Waals surface area contributed by atoms with Gasteiger partial charge in [-0.2, -0.15) is 0 Å². The van der Waals surface area contributed by atoms with Gasteiger partial charge < -0.3 is 14.5 Å². The summed E-state index contributed by atoms with van der Waals surface area (Å²) in [6, 6.07) is 13.6. The zero-order chi connectivity index (χ0) is 13.9. The third kappa shape index (κ3) is 2.45. The van der Waals surface area contributed by atoms with Crippen molar-refractivity contribution in [1.29, 1.82) is 0 Å². The second kappa shape index (κ2) is 5.47. The maximum atomic E-state index is 6.01. The summed E-state index contributed by atoms with van der Waals surface area (Å²) in [6.07, 6.45) is 1.78. The number of benzene rings is 2. The van der Waals surface area contributed by atoms with E-state index in [1.165, 1.54) is 0 Å². The van der Waals surface area contributed by atoms with Crippen LogP contribution >= 0.6 is 11.6 Å². The summed E-state index contributed by atoms with van der Waals surface area (Å²) in [5, 5.41) is 5.07.